The Morgan fingerprint density at radius 2 is 1.54 bits per heavy atom. The molecule has 1 aliphatic heterocycles. The Labute approximate surface area is 291 Å². The first-order chi connectivity index (χ1) is 23.0. The van der Waals surface area contributed by atoms with Gasteiger partial charge in [-0.15, -0.1) is 0 Å². The number of piperidine rings is 1. The number of nitrogens with zero attached hydrogens (tertiary/aromatic N) is 3. The Kier molecular flexibility index (Phi) is 9.67. The molecule has 0 unspecified atom stereocenters. The van der Waals surface area contributed by atoms with Crippen LogP contribution in [-0.2, 0) is 5.41 Å². The highest BCUT2D eigenvalue weighted by Gasteiger charge is 2.27. The number of anilines is 2. The number of halogens is 2. The van der Waals surface area contributed by atoms with Crippen molar-refractivity contribution >= 4 is 57.4 Å². The van der Waals surface area contributed by atoms with Gasteiger partial charge in [0, 0.05) is 35.3 Å². The number of benzene rings is 4. The van der Waals surface area contributed by atoms with Crippen molar-refractivity contribution in [1.82, 2.24) is 14.7 Å². The van der Waals surface area contributed by atoms with Crippen LogP contribution in [-0.4, -0.2) is 46.3 Å². The highest BCUT2D eigenvalue weighted by atomic mass is 35.5. The van der Waals surface area contributed by atoms with Crippen LogP contribution in [0.4, 0.5) is 16.3 Å². The fourth-order valence-electron chi connectivity index (χ4n) is 5.87. The van der Waals surface area contributed by atoms with Crippen molar-refractivity contribution in [1.29, 1.82) is 0 Å². The van der Waals surface area contributed by atoms with E-state index < -0.39 is 0 Å². The normalized spacial score (nSPS) is 13.8. The standard InChI is InChI=1S/C38H39Cl2N5O3/c1-24-12-14-26(15-13-24)45-34(22-33(43-45)38(2,3)4)42-37(47)41-31-16-17-32(28-9-6-5-8-27(28)31)48-23-25-18-20-44(21-19-25)36(46)35-29(39)10-7-11-30(35)40/h5-17,22,25H,18-21,23H2,1-4H3,(H2,41,42,47). The summed E-state index contributed by atoms with van der Waals surface area (Å²) in [6.07, 6.45) is 1.61. The number of nitrogens with one attached hydrogen (secondary N) is 2. The molecule has 4 aromatic carbocycles. The number of hydrogen-bond acceptors (Lipinski definition) is 4. The van der Waals surface area contributed by atoms with E-state index in [9.17, 15) is 9.59 Å². The Hall–Kier alpha value is -4.53. The molecule has 10 heteroatoms. The monoisotopic (exact) mass is 683 g/mol. The van der Waals surface area contributed by atoms with Crippen molar-refractivity contribution in [3.05, 3.63) is 112 Å². The fourth-order valence-corrected chi connectivity index (χ4v) is 6.43. The molecule has 1 fully saturated rings. The molecule has 0 aliphatic carbocycles. The SMILES string of the molecule is Cc1ccc(-n2nc(C(C)(C)C)cc2NC(=O)Nc2ccc(OCC3CCN(C(=O)c4c(Cl)cccc4Cl)CC3)c3ccccc23)cc1. The van der Waals surface area contributed by atoms with Gasteiger partial charge < -0.3 is 15.0 Å². The summed E-state index contributed by atoms with van der Waals surface area (Å²) >= 11 is 12.6. The van der Waals surface area contributed by atoms with E-state index in [1.54, 1.807) is 22.9 Å². The number of aryl methyl sites for hydroxylation is 1. The second-order valence-electron chi connectivity index (χ2n) is 13.3. The lowest BCUT2D eigenvalue weighted by molar-refractivity contribution is 0.0662. The van der Waals surface area contributed by atoms with Crippen molar-refractivity contribution in [3.63, 3.8) is 0 Å². The molecule has 0 spiro atoms. The average molecular weight is 685 g/mol. The molecule has 1 saturated heterocycles. The first-order valence-electron chi connectivity index (χ1n) is 16.1. The molecule has 0 radical (unpaired) electrons. The summed E-state index contributed by atoms with van der Waals surface area (Å²) in [7, 11) is 0. The van der Waals surface area contributed by atoms with Crippen LogP contribution in [0.15, 0.2) is 84.9 Å². The van der Waals surface area contributed by atoms with Crippen LogP contribution < -0.4 is 15.4 Å². The predicted octanol–water partition coefficient (Wildman–Crippen LogP) is 9.51. The molecule has 8 nitrogen and oxygen atoms in total. The topological polar surface area (TPSA) is 88.5 Å². The average Bonchev–Trinajstić information content (AvgIpc) is 3.49. The maximum absolute atomic E-state index is 13.4. The van der Waals surface area contributed by atoms with E-state index in [0.717, 1.165) is 46.3 Å². The van der Waals surface area contributed by atoms with E-state index >= 15 is 0 Å². The quantitative estimate of drug-likeness (QED) is 0.179. The smallest absolute Gasteiger partial charge is 0.324 e. The van der Waals surface area contributed by atoms with Gasteiger partial charge in [-0.25, -0.2) is 9.48 Å². The molecule has 2 N–H and O–H groups in total. The number of likely N-dealkylation sites (tertiary alicyclic amines) is 1. The summed E-state index contributed by atoms with van der Waals surface area (Å²) in [4.78, 5) is 28.3. The Morgan fingerprint density at radius 3 is 2.21 bits per heavy atom. The van der Waals surface area contributed by atoms with Crippen LogP contribution in [0, 0.1) is 12.8 Å². The van der Waals surface area contributed by atoms with E-state index in [1.165, 1.54) is 0 Å². The first kappa shape index (κ1) is 33.4. The lowest BCUT2D eigenvalue weighted by atomic mass is 9.92. The molecule has 0 atom stereocenters. The first-order valence-corrected chi connectivity index (χ1v) is 16.9. The minimum absolute atomic E-state index is 0.141. The predicted molar refractivity (Wildman–Crippen MR) is 194 cm³/mol. The van der Waals surface area contributed by atoms with Crippen LogP contribution >= 0.6 is 23.2 Å². The Balaban J connectivity index is 1.12. The van der Waals surface area contributed by atoms with E-state index in [4.69, 9.17) is 33.0 Å². The lowest BCUT2D eigenvalue weighted by Crippen LogP contribution is -2.40. The summed E-state index contributed by atoms with van der Waals surface area (Å²) in [6, 6.07) is 26.3. The van der Waals surface area contributed by atoms with Gasteiger partial charge in [-0.05, 0) is 62.1 Å². The van der Waals surface area contributed by atoms with Crippen LogP contribution in [0.3, 0.4) is 0 Å². The number of aromatic nitrogens is 2. The minimum atomic E-state index is -0.373. The number of ether oxygens (including phenoxy) is 1. The zero-order valence-electron chi connectivity index (χ0n) is 27.5. The van der Waals surface area contributed by atoms with Gasteiger partial charge in [-0.1, -0.05) is 92.0 Å². The molecule has 2 heterocycles. The van der Waals surface area contributed by atoms with E-state index in [-0.39, 0.29) is 23.3 Å². The highest BCUT2D eigenvalue weighted by molar-refractivity contribution is 6.39. The third-order valence-corrected chi connectivity index (χ3v) is 9.31. The maximum atomic E-state index is 13.4. The number of urea groups is 1. The molecule has 0 bridgehead atoms. The zero-order chi connectivity index (χ0) is 34.0. The number of fused-ring (bicyclic) bond motifs is 1. The van der Waals surface area contributed by atoms with Crippen molar-refractivity contribution in [2.45, 2.75) is 46.0 Å². The van der Waals surface area contributed by atoms with Crippen LogP contribution in [0.1, 0.15) is 55.2 Å². The van der Waals surface area contributed by atoms with Crippen molar-refractivity contribution < 1.29 is 14.3 Å². The van der Waals surface area contributed by atoms with Gasteiger partial charge in [0.05, 0.1) is 39.3 Å². The van der Waals surface area contributed by atoms with Crippen molar-refractivity contribution in [2.75, 3.05) is 30.3 Å². The van der Waals surface area contributed by atoms with Gasteiger partial charge in [-0.2, -0.15) is 5.10 Å². The van der Waals surface area contributed by atoms with Gasteiger partial charge in [0.2, 0.25) is 0 Å². The third-order valence-electron chi connectivity index (χ3n) is 8.68. The number of carbonyl (C=O) groups excluding carboxylic acids is 2. The van der Waals surface area contributed by atoms with Crippen LogP contribution in [0.5, 0.6) is 5.75 Å². The second-order valence-corrected chi connectivity index (χ2v) is 14.1. The van der Waals surface area contributed by atoms with Crippen LogP contribution in [0.2, 0.25) is 10.0 Å². The largest absolute Gasteiger partial charge is 0.493 e. The fraction of sp³-hybridized carbons (Fsp3) is 0.289. The highest BCUT2D eigenvalue weighted by Crippen LogP contribution is 2.34. The minimum Gasteiger partial charge on any atom is -0.493 e. The number of rotatable bonds is 7. The van der Waals surface area contributed by atoms with Gasteiger partial charge in [0.15, 0.2) is 0 Å². The summed E-state index contributed by atoms with van der Waals surface area (Å²) in [6.45, 7) is 10.0. The molecule has 1 aliphatic rings. The molecule has 6 rings (SSSR count). The van der Waals surface area contributed by atoms with Crippen molar-refractivity contribution in [2.24, 2.45) is 5.92 Å². The Morgan fingerprint density at radius 1 is 0.875 bits per heavy atom. The second kappa shape index (κ2) is 13.9. The summed E-state index contributed by atoms with van der Waals surface area (Å²) < 4.78 is 8.12. The molecule has 48 heavy (non-hydrogen) atoms. The summed E-state index contributed by atoms with van der Waals surface area (Å²) in [5, 5.41) is 13.4. The van der Waals surface area contributed by atoms with Gasteiger partial charge in [0.1, 0.15) is 11.6 Å². The van der Waals surface area contributed by atoms with Gasteiger partial charge in [0.25, 0.3) is 5.91 Å². The van der Waals surface area contributed by atoms with E-state index in [2.05, 4.69) is 31.4 Å². The van der Waals surface area contributed by atoms with E-state index in [0.29, 0.717) is 46.8 Å². The molecule has 0 saturated carbocycles. The summed E-state index contributed by atoms with van der Waals surface area (Å²) in [5.41, 5.74) is 3.70. The molecular weight excluding hydrogens is 645 g/mol. The molecule has 1 aromatic heterocycles. The Bertz CT molecular complexity index is 1940. The third kappa shape index (κ3) is 7.30. The van der Waals surface area contributed by atoms with Crippen molar-refractivity contribution in [3.8, 4) is 11.4 Å². The maximum Gasteiger partial charge on any atom is 0.324 e. The molecule has 248 valence electrons. The molecule has 5 aromatic rings. The van der Waals surface area contributed by atoms with Crippen LogP contribution in [0.25, 0.3) is 16.5 Å². The zero-order valence-corrected chi connectivity index (χ0v) is 29.0. The molecular formula is C38H39Cl2N5O3. The number of carbonyl (C=O) groups is 2. The number of hydrogen-bond donors (Lipinski definition) is 2. The lowest BCUT2D eigenvalue weighted by Gasteiger charge is -2.32. The summed E-state index contributed by atoms with van der Waals surface area (Å²) in [5.74, 6) is 1.46. The van der Waals surface area contributed by atoms with Gasteiger partial charge >= 0.3 is 6.03 Å². The molecule has 3 amide bonds. The van der Waals surface area contributed by atoms with Gasteiger partial charge in [-0.3, -0.25) is 10.1 Å². The number of amides is 3. The van der Waals surface area contributed by atoms with E-state index in [1.807, 2.05) is 78.6 Å².